The van der Waals surface area contributed by atoms with E-state index in [0.717, 1.165) is 18.5 Å². The van der Waals surface area contributed by atoms with Gasteiger partial charge in [0.05, 0.1) is 0 Å². The van der Waals surface area contributed by atoms with Crippen molar-refractivity contribution in [3.63, 3.8) is 0 Å². The van der Waals surface area contributed by atoms with Crippen LogP contribution in [0.15, 0.2) is 24.3 Å². The molecule has 0 aromatic heterocycles. The highest BCUT2D eigenvalue weighted by Crippen LogP contribution is 2.33. The third-order valence-corrected chi connectivity index (χ3v) is 4.28. The molecule has 1 aliphatic rings. The molecular formula is C16H24F2N2. The van der Waals surface area contributed by atoms with Crippen molar-refractivity contribution in [2.75, 3.05) is 13.1 Å². The summed E-state index contributed by atoms with van der Waals surface area (Å²) in [6, 6.07) is 7.25. The molecule has 1 aromatic rings. The Hall–Kier alpha value is -1.00. The Morgan fingerprint density at radius 1 is 1.30 bits per heavy atom. The van der Waals surface area contributed by atoms with E-state index >= 15 is 0 Å². The van der Waals surface area contributed by atoms with Crippen LogP contribution in [-0.4, -0.2) is 24.0 Å². The zero-order valence-electron chi connectivity index (χ0n) is 12.2. The monoisotopic (exact) mass is 282 g/mol. The average Bonchev–Trinajstić information content (AvgIpc) is 2.89. The lowest BCUT2D eigenvalue weighted by atomic mass is 9.97. The van der Waals surface area contributed by atoms with Crippen molar-refractivity contribution in [1.29, 1.82) is 0 Å². The molecule has 1 fully saturated rings. The molecule has 0 radical (unpaired) electrons. The minimum Gasteiger partial charge on any atom is -0.329 e. The van der Waals surface area contributed by atoms with Gasteiger partial charge in [0.1, 0.15) is 0 Å². The van der Waals surface area contributed by atoms with Gasteiger partial charge in [0.2, 0.25) is 0 Å². The van der Waals surface area contributed by atoms with Crippen LogP contribution in [-0.2, 0) is 0 Å². The van der Waals surface area contributed by atoms with Crippen LogP contribution >= 0.6 is 0 Å². The van der Waals surface area contributed by atoms with E-state index in [2.05, 4.69) is 18.7 Å². The van der Waals surface area contributed by atoms with Crippen LogP contribution in [0.2, 0.25) is 0 Å². The zero-order valence-corrected chi connectivity index (χ0v) is 12.2. The molecule has 2 nitrogen and oxygen atoms in total. The maximum absolute atomic E-state index is 12.9. The summed E-state index contributed by atoms with van der Waals surface area (Å²) in [4.78, 5) is 2.40. The molecule has 0 bridgehead atoms. The van der Waals surface area contributed by atoms with Crippen molar-refractivity contribution < 1.29 is 8.78 Å². The predicted molar refractivity (Wildman–Crippen MR) is 77.8 cm³/mol. The fraction of sp³-hybridized carbons (Fsp3) is 0.625. The molecule has 1 aromatic carbocycles. The summed E-state index contributed by atoms with van der Waals surface area (Å²) < 4.78 is 25.7. The first-order chi connectivity index (χ1) is 9.54. The van der Waals surface area contributed by atoms with Gasteiger partial charge >= 0.3 is 0 Å². The van der Waals surface area contributed by atoms with Gasteiger partial charge < -0.3 is 5.73 Å². The minimum atomic E-state index is -2.42. The van der Waals surface area contributed by atoms with Gasteiger partial charge in [-0.15, -0.1) is 0 Å². The lowest BCUT2D eigenvalue weighted by molar-refractivity contribution is 0.145. The Morgan fingerprint density at radius 3 is 2.60 bits per heavy atom. The van der Waals surface area contributed by atoms with Gasteiger partial charge in [0.15, 0.2) is 0 Å². The number of likely N-dealkylation sites (tertiary alicyclic amines) is 1. The SMILES string of the molecule is CC(C)C1CCCN1C(CN)c1cccc(C(F)F)c1. The van der Waals surface area contributed by atoms with Gasteiger partial charge in [-0.2, -0.15) is 0 Å². The van der Waals surface area contributed by atoms with E-state index in [-0.39, 0.29) is 11.6 Å². The number of benzene rings is 1. The quantitative estimate of drug-likeness (QED) is 0.891. The number of hydrogen-bond acceptors (Lipinski definition) is 2. The predicted octanol–water partition coefficient (Wildman–Crippen LogP) is 3.74. The van der Waals surface area contributed by atoms with Gasteiger partial charge in [-0.25, -0.2) is 8.78 Å². The summed E-state index contributed by atoms with van der Waals surface area (Å²) in [5.74, 6) is 0.560. The third-order valence-electron chi connectivity index (χ3n) is 4.28. The second-order valence-electron chi connectivity index (χ2n) is 5.91. The van der Waals surface area contributed by atoms with Gasteiger partial charge in [-0.05, 0) is 36.9 Å². The van der Waals surface area contributed by atoms with E-state index < -0.39 is 6.43 Å². The van der Waals surface area contributed by atoms with E-state index in [4.69, 9.17) is 5.73 Å². The number of nitrogens with two attached hydrogens (primary N) is 1. The smallest absolute Gasteiger partial charge is 0.263 e. The van der Waals surface area contributed by atoms with Gasteiger partial charge in [0.25, 0.3) is 6.43 Å². The van der Waals surface area contributed by atoms with Crippen molar-refractivity contribution >= 4 is 0 Å². The lowest BCUT2D eigenvalue weighted by Gasteiger charge is -2.35. The van der Waals surface area contributed by atoms with Crippen molar-refractivity contribution in [1.82, 2.24) is 4.90 Å². The van der Waals surface area contributed by atoms with E-state index in [1.165, 1.54) is 12.5 Å². The fourth-order valence-corrected chi connectivity index (χ4v) is 3.28. The van der Waals surface area contributed by atoms with Crippen LogP contribution in [0.3, 0.4) is 0 Å². The molecule has 20 heavy (non-hydrogen) atoms. The number of rotatable bonds is 5. The number of alkyl halides is 2. The molecule has 2 atom stereocenters. The highest BCUT2D eigenvalue weighted by molar-refractivity contribution is 5.27. The van der Waals surface area contributed by atoms with Crippen LogP contribution in [0.25, 0.3) is 0 Å². The summed E-state index contributed by atoms with van der Waals surface area (Å²) in [6.45, 7) is 5.90. The third kappa shape index (κ3) is 3.18. The van der Waals surface area contributed by atoms with Crippen molar-refractivity contribution in [2.24, 2.45) is 11.7 Å². The Kier molecular flexibility index (Phi) is 5.11. The highest BCUT2D eigenvalue weighted by Gasteiger charge is 2.32. The normalized spacial score (nSPS) is 21.9. The van der Waals surface area contributed by atoms with Crippen molar-refractivity contribution in [2.45, 2.75) is 45.2 Å². The van der Waals surface area contributed by atoms with Gasteiger partial charge in [0, 0.05) is 24.2 Å². The van der Waals surface area contributed by atoms with Crippen LogP contribution in [0.1, 0.15) is 50.3 Å². The summed E-state index contributed by atoms with van der Waals surface area (Å²) in [7, 11) is 0. The molecule has 2 rings (SSSR count). The first kappa shape index (κ1) is 15.4. The lowest BCUT2D eigenvalue weighted by Crippen LogP contribution is -2.40. The van der Waals surface area contributed by atoms with E-state index in [1.54, 1.807) is 12.1 Å². The Labute approximate surface area is 120 Å². The molecule has 4 heteroatoms. The Bertz CT molecular complexity index is 434. The molecule has 0 aliphatic carbocycles. The van der Waals surface area contributed by atoms with E-state index in [1.807, 2.05) is 6.07 Å². The standard InChI is InChI=1S/C16H24F2N2/c1-11(2)14-7-4-8-20(14)15(10-19)12-5-3-6-13(9-12)16(17)18/h3,5-6,9,11,14-16H,4,7-8,10,19H2,1-2H3. The zero-order chi connectivity index (χ0) is 14.7. The Balaban J connectivity index is 2.25. The number of hydrogen-bond donors (Lipinski definition) is 1. The molecule has 1 heterocycles. The average molecular weight is 282 g/mol. The van der Waals surface area contributed by atoms with Crippen LogP contribution in [0.4, 0.5) is 8.78 Å². The van der Waals surface area contributed by atoms with Gasteiger partial charge in [-0.1, -0.05) is 32.0 Å². The first-order valence-corrected chi connectivity index (χ1v) is 7.38. The largest absolute Gasteiger partial charge is 0.329 e. The van der Waals surface area contributed by atoms with Crippen molar-refractivity contribution in [3.05, 3.63) is 35.4 Å². The maximum Gasteiger partial charge on any atom is 0.263 e. The minimum absolute atomic E-state index is 0.0450. The molecule has 0 spiro atoms. The maximum atomic E-state index is 12.9. The topological polar surface area (TPSA) is 29.3 Å². The first-order valence-electron chi connectivity index (χ1n) is 7.38. The van der Waals surface area contributed by atoms with Crippen LogP contribution in [0.5, 0.6) is 0 Å². The van der Waals surface area contributed by atoms with E-state index in [0.29, 0.717) is 18.5 Å². The molecule has 1 aliphatic heterocycles. The fourth-order valence-electron chi connectivity index (χ4n) is 3.28. The number of nitrogens with zero attached hydrogens (tertiary/aromatic N) is 1. The molecule has 2 N–H and O–H groups in total. The van der Waals surface area contributed by atoms with Crippen LogP contribution in [0, 0.1) is 5.92 Å². The molecular weight excluding hydrogens is 258 g/mol. The van der Waals surface area contributed by atoms with Crippen molar-refractivity contribution in [3.8, 4) is 0 Å². The molecule has 0 amide bonds. The van der Waals surface area contributed by atoms with Crippen LogP contribution < -0.4 is 5.73 Å². The van der Waals surface area contributed by atoms with Gasteiger partial charge in [-0.3, -0.25) is 4.90 Å². The second kappa shape index (κ2) is 6.64. The second-order valence-corrected chi connectivity index (χ2v) is 5.91. The van der Waals surface area contributed by atoms with E-state index in [9.17, 15) is 8.78 Å². The molecule has 0 saturated carbocycles. The number of halogens is 2. The molecule has 1 saturated heterocycles. The Morgan fingerprint density at radius 2 is 2.00 bits per heavy atom. The highest BCUT2D eigenvalue weighted by atomic mass is 19.3. The molecule has 112 valence electrons. The molecule has 2 unspecified atom stereocenters. The summed E-state index contributed by atoms with van der Waals surface area (Å²) >= 11 is 0. The summed E-state index contributed by atoms with van der Waals surface area (Å²) in [6.07, 6.45) is -0.0933. The summed E-state index contributed by atoms with van der Waals surface area (Å²) in [5, 5.41) is 0. The summed E-state index contributed by atoms with van der Waals surface area (Å²) in [5.41, 5.74) is 6.94.